The lowest BCUT2D eigenvalue weighted by Gasteiger charge is -2.16. The van der Waals surface area contributed by atoms with Crippen molar-refractivity contribution >= 4 is 34.6 Å². The molecule has 1 unspecified atom stereocenters. The Morgan fingerprint density at radius 3 is 2.50 bits per heavy atom. The standard InChI is InChI=1S/C24H22N2O3S/c1-16-7-9-19(10-8-16)26-15-18(13-22(26)27)24(29)25-14-20-11-12-21(30-20)23(28)17-5-3-2-4-6-17/h2-12,18H,13-15H2,1H3,(H,25,29). The molecule has 2 amide bonds. The molecular weight excluding hydrogens is 396 g/mol. The van der Waals surface area contributed by atoms with Crippen molar-refractivity contribution < 1.29 is 14.4 Å². The molecule has 1 aliphatic heterocycles. The molecule has 1 N–H and O–H groups in total. The number of thiophene rings is 1. The Balaban J connectivity index is 1.34. The molecule has 1 fully saturated rings. The first-order chi connectivity index (χ1) is 14.5. The van der Waals surface area contributed by atoms with Crippen LogP contribution in [0.2, 0.25) is 0 Å². The van der Waals surface area contributed by atoms with Crippen LogP contribution < -0.4 is 10.2 Å². The fourth-order valence-electron chi connectivity index (χ4n) is 3.50. The van der Waals surface area contributed by atoms with E-state index in [-0.39, 0.29) is 29.9 Å². The second-order valence-corrected chi connectivity index (χ2v) is 8.59. The van der Waals surface area contributed by atoms with Gasteiger partial charge in [-0.3, -0.25) is 14.4 Å². The van der Waals surface area contributed by atoms with Gasteiger partial charge in [0.15, 0.2) is 0 Å². The van der Waals surface area contributed by atoms with Crippen molar-refractivity contribution in [2.75, 3.05) is 11.4 Å². The maximum Gasteiger partial charge on any atom is 0.227 e. The molecule has 4 rings (SSSR count). The minimum atomic E-state index is -0.371. The number of carbonyl (C=O) groups excluding carboxylic acids is 3. The van der Waals surface area contributed by atoms with Crippen LogP contribution in [0.5, 0.6) is 0 Å². The largest absolute Gasteiger partial charge is 0.351 e. The number of carbonyl (C=O) groups is 3. The van der Waals surface area contributed by atoms with Gasteiger partial charge in [0.1, 0.15) is 0 Å². The van der Waals surface area contributed by atoms with Crippen LogP contribution >= 0.6 is 11.3 Å². The summed E-state index contributed by atoms with van der Waals surface area (Å²) in [4.78, 5) is 40.7. The molecule has 5 nitrogen and oxygen atoms in total. The summed E-state index contributed by atoms with van der Waals surface area (Å²) >= 11 is 1.38. The summed E-state index contributed by atoms with van der Waals surface area (Å²) in [5.41, 5.74) is 2.60. The Morgan fingerprint density at radius 1 is 1.03 bits per heavy atom. The highest BCUT2D eigenvalue weighted by Crippen LogP contribution is 2.26. The Bertz CT molecular complexity index is 1070. The predicted octanol–water partition coefficient (Wildman–Crippen LogP) is 3.96. The number of anilines is 1. The molecular formula is C24H22N2O3S. The summed E-state index contributed by atoms with van der Waals surface area (Å²) in [6, 6.07) is 20.5. The predicted molar refractivity (Wildman–Crippen MR) is 118 cm³/mol. The normalized spacial score (nSPS) is 16.0. The van der Waals surface area contributed by atoms with E-state index in [9.17, 15) is 14.4 Å². The van der Waals surface area contributed by atoms with Crippen molar-refractivity contribution in [1.29, 1.82) is 0 Å². The van der Waals surface area contributed by atoms with Crippen molar-refractivity contribution in [1.82, 2.24) is 5.32 Å². The molecule has 0 saturated carbocycles. The SMILES string of the molecule is Cc1ccc(N2CC(C(=O)NCc3ccc(C(=O)c4ccccc4)s3)CC2=O)cc1. The first-order valence-electron chi connectivity index (χ1n) is 9.84. The van der Waals surface area contributed by atoms with Gasteiger partial charge in [-0.15, -0.1) is 11.3 Å². The summed E-state index contributed by atoms with van der Waals surface area (Å²) < 4.78 is 0. The lowest BCUT2D eigenvalue weighted by atomic mass is 10.1. The molecule has 2 aromatic carbocycles. The molecule has 0 aliphatic carbocycles. The van der Waals surface area contributed by atoms with Gasteiger partial charge in [-0.25, -0.2) is 0 Å². The minimum Gasteiger partial charge on any atom is -0.351 e. The van der Waals surface area contributed by atoms with Crippen molar-refractivity contribution in [2.45, 2.75) is 19.9 Å². The Labute approximate surface area is 179 Å². The lowest BCUT2D eigenvalue weighted by molar-refractivity contribution is -0.126. The highest BCUT2D eigenvalue weighted by Gasteiger charge is 2.35. The lowest BCUT2D eigenvalue weighted by Crippen LogP contribution is -2.32. The van der Waals surface area contributed by atoms with E-state index in [1.807, 2.05) is 55.5 Å². The van der Waals surface area contributed by atoms with Crippen molar-refractivity contribution in [2.24, 2.45) is 5.92 Å². The maximum absolute atomic E-state index is 12.6. The number of nitrogens with zero attached hydrogens (tertiary/aromatic N) is 1. The molecule has 2 heterocycles. The van der Waals surface area contributed by atoms with Crippen LogP contribution in [-0.4, -0.2) is 24.1 Å². The molecule has 0 spiro atoms. The van der Waals surface area contributed by atoms with E-state index in [1.165, 1.54) is 11.3 Å². The average molecular weight is 419 g/mol. The van der Waals surface area contributed by atoms with Gasteiger partial charge in [0.2, 0.25) is 17.6 Å². The summed E-state index contributed by atoms with van der Waals surface area (Å²) in [5, 5.41) is 2.92. The zero-order valence-corrected chi connectivity index (χ0v) is 17.4. The molecule has 30 heavy (non-hydrogen) atoms. The third-order valence-corrected chi connectivity index (χ3v) is 6.28. The van der Waals surface area contributed by atoms with Gasteiger partial charge in [-0.1, -0.05) is 48.0 Å². The van der Waals surface area contributed by atoms with Crippen molar-refractivity contribution in [3.63, 3.8) is 0 Å². The number of aryl methyl sites for hydroxylation is 1. The monoisotopic (exact) mass is 418 g/mol. The summed E-state index contributed by atoms with van der Waals surface area (Å²) in [6.45, 7) is 2.73. The van der Waals surface area contributed by atoms with Gasteiger partial charge in [-0.05, 0) is 31.2 Å². The van der Waals surface area contributed by atoms with Gasteiger partial charge < -0.3 is 10.2 Å². The summed E-state index contributed by atoms with van der Waals surface area (Å²) in [6.07, 6.45) is 0.210. The topological polar surface area (TPSA) is 66.5 Å². The molecule has 152 valence electrons. The van der Waals surface area contributed by atoms with E-state index in [2.05, 4.69) is 5.32 Å². The van der Waals surface area contributed by atoms with Crippen LogP contribution in [0, 0.1) is 12.8 Å². The van der Waals surface area contributed by atoms with Gasteiger partial charge in [-0.2, -0.15) is 0 Å². The molecule has 0 radical (unpaired) electrons. The Morgan fingerprint density at radius 2 is 1.77 bits per heavy atom. The third-order valence-electron chi connectivity index (χ3n) is 5.20. The van der Waals surface area contributed by atoms with Crippen LogP contribution in [0.4, 0.5) is 5.69 Å². The Hall–Kier alpha value is -3.25. The number of ketones is 1. The highest BCUT2D eigenvalue weighted by atomic mass is 32.1. The van der Waals surface area contributed by atoms with Crippen molar-refractivity contribution in [3.05, 3.63) is 87.6 Å². The van der Waals surface area contributed by atoms with Crippen LogP contribution in [0.1, 0.15) is 32.1 Å². The van der Waals surface area contributed by atoms with E-state index < -0.39 is 0 Å². The first-order valence-corrected chi connectivity index (χ1v) is 10.7. The summed E-state index contributed by atoms with van der Waals surface area (Å²) in [7, 11) is 0. The number of nitrogens with one attached hydrogen (secondary N) is 1. The molecule has 1 atom stereocenters. The number of hydrogen-bond acceptors (Lipinski definition) is 4. The maximum atomic E-state index is 12.6. The average Bonchev–Trinajstić information content (AvgIpc) is 3.40. The van der Waals surface area contributed by atoms with Crippen molar-refractivity contribution in [3.8, 4) is 0 Å². The number of hydrogen-bond donors (Lipinski definition) is 1. The van der Waals surface area contributed by atoms with Crippen LogP contribution in [-0.2, 0) is 16.1 Å². The number of benzene rings is 2. The number of amides is 2. The number of rotatable bonds is 6. The highest BCUT2D eigenvalue weighted by molar-refractivity contribution is 7.14. The van der Waals surface area contributed by atoms with Gasteiger partial charge >= 0.3 is 0 Å². The molecule has 0 bridgehead atoms. The van der Waals surface area contributed by atoms with Crippen LogP contribution in [0.3, 0.4) is 0 Å². The van der Waals surface area contributed by atoms with E-state index in [0.717, 1.165) is 16.1 Å². The van der Waals surface area contributed by atoms with E-state index in [4.69, 9.17) is 0 Å². The van der Waals surface area contributed by atoms with Crippen LogP contribution in [0.25, 0.3) is 0 Å². The van der Waals surface area contributed by atoms with Gasteiger partial charge in [0, 0.05) is 29.1 Å². The summed E-state index contributed by atoms with van der Waals surface area (Å²) in [5.74, 6) is -0.564. The van der Waals surface area contributed by atoms with E-state index in [0.29, 0.717) is 23.5 Å². The zero-order chi connectivity index (χ0) is 21.1. The molecule has 1 aromatic heterocycles. The molecule has 6 heteroatoms. The van der Waals surface area contributed by atoms with E-state index in [1.54, 1.807) is 23.1 Å². The quantitative estimate of drug-likeness (QED) is 0.616. The molecule has 1 aliphatic rings. The third kappa shape index (κ3) is 4.33. The first kappa shape index (κ1) is 20.0. The molecule has 3 aromatic rings. The fraction of sp³-hybridized carbons (Fsp3) is 0.208. The second kappa shape index (κ2) is 8.63. The second-order valence-electron chi connectivity index (χ2n) is 7.42. The van der Waals surface area contributed by atoms with Crippen LogP contribution in [0.15, 0.2) is 66.7 Å². The molecule has 1 saturated heterocycles. The smallest absolute Gasteiger partial charge is 0.227 e. The van der Waals surface area contributed by atoms with Gasteiger partial charge in [0.25, 0.3) is 0 Å². The van der Waals surface area contributed by atoms with E-state index >= 15 is 0 Å². The fourth-order valence-corrected chi connectivity index (χ4v) is 4.41. The van der Waals surface area contributed by atoms with Gasteiger partial charge in [0.05, 0.1) is 17.3 Å². The minimum absolute atomic E-state index is 0.0201. The Kier molecular flexibility index (Phi) is 5.77. The zero-order valence-electron chi connectivity index (χ0n) is 16.6.